The van der Waals surface area contributed by atoms with Crippen LogP contribution in [0.1, 0.15) is 22.3 Å². The first kappa shape index (κ1) is 36.1. The summed E-state index contributed by atoms with van der Waals surface area (Å²) in [7, 11) is 0. The van der Waals surface area contributed by atoms with Gasteiger partial charge in [0, 0.05) is 16.7 Å². The summed E-state index contributed by atoms with van der Waals surface area (Å²) in [6.07, 6.45) is 0. The number of hydrogen-bond acceptors (Lipinski definition) is 3. The van der Waals surface area contributed by atoms with Gasteiger partial charge in [0.15, 0.2) is 17.5 Å². The van der Waals surface area contributed by atoms with Crippen molar-refractivity contribution < 1.29 is 0 Å². The third kappa shape index (κ3) is 6.35. The molecule has 0 saturated heterocycles. The van der Waals surface area contributed by atoms with Gasteiger partial charge in [-0.05, 0) is 78.9 Å². The van der Waals surface area contributed by atoms with E-state index in [9.17, 15) is 0 Å². The fraction of sp³-hybridized carbons (Fsp3) is 0.0172. The van der Waals surface area contributed by atoms with Crippen LogP contribution in [-0.4, -0.2) is 15.0 Å². The van der Waals surface area contributed by atoms with Gasteiger partial charge in [-0.25, -0.2) is 15.0 Å². The van der Waals surface area contributed by atoms with Crippen LogP contribution in [0, 0.1) is 0 Å². The molecule has 0 radical (unpaired) electrons. The van der Waals surface area contributed by atoms with Crippen LogP contribution in [-0.2, 0) is 5.41 Å². The van der Waals surface area contributed by atoms with Crippen LogP contribution >= 0.6 is 0 Å². The molecular formula is C58H39N3. The van der Waals surface area contributed by atoms with E-state index in [4.69, 9.17) is 15.0 Å². The summed E-state index contributed by atoms with van der Waals surface area (Å²) in [6, 6.07) is 84.3. The Morgan fingerprint density at radius 3 is 1.25 bits per heavy atom. The SMILES string of the molecule is c1ccc(-c2ccc(-c3nc(-c4ccccc4)nc(-c4cccc(-c5cccc(-c6cccc7c6-c6ccccc6C7(c6ccccc6)c6ccccc6)c5)c4)n3)cc2)cc1. The van der Waals surface area contributed by atoms with E-state index in [2.05, 4.69) is 200 Å². The zero-order valence-electron chi connectivity index (χ0n) is 33.4. The molecule has 0 spiro atoms. The van der Waals surface area contributed by atoms with Gasteiger partial charge in [0.2, 0.25) is 0 Å². The summed E-state index contributed by atoms with van der Waals surface area (Å²) >= 11 is 0. The Morgan fingerprint density at radius 1 is 0.246 bits per heavy atom. The first-order valence-electron chi connectivity index (χ1n) is 20.8. The second-order valence-corrected chi connectivity index (χ2v) is 15.5. The molecule has 3 nitrogen and oxygen atoms in total. The molecule has 1 aliphatic carbocycles. The highest BCUT2D eigenvalue weighted by Crippen LogP contribution is 2.58. The Bertz CT molecular complexity index is 3120. The highest BCUT2D eigenvalue weighted by atomic mass is 15.0. The Labute approximate surface area is 356 Å². The predicted octanol–water partition coefficient (Wildman–Crippen LogP) is 14.2. The number of rotatable bonds is 8. The maximum absolute atomic E-state index is 5.10. The van der Waals surface area contributed by atoms with Gasteiger partial charge in [-0.2, -0.15) is 0 Å². The summed E-state index contributed by atoms with van der Waals surface area (Å²) in [6.45, 7) is 0. The molecule has 0 N–H and O–H groups in total. The van der Waals surface area contributed by atoms with Gasteiger partial charge in [-0.15, -0.1) is 0 Å². The minimum atomic E-state index is -0.456. The zero-order valence-corrected chi connectivity index (χ0v) is 33.4. The Hall–Kier alpha value is -8.01. The fourth-order valence-corrected chi connectivity index (χ4v) is 9.23. The van der Waals surface area contributed by atoms with E-state index in [1.807, 2.05) is 36.4 Å². The molecule has 1 aromatic heterocycles. The molecule has 61 heavy (non-hydrogen) atoms. The van der Waals surface area contributed by atoms with E-state index in [1.165, 1.54) is 50.1 Å². The van der Waals surface area contributed by atoms with Crippen molar-refractivity contribution in [1.82, 2.24) is 15.0 Å². The molecule has 286 valence electrons. The first-order chi connectivity index (χ1) is 30.2. The lowest BCUT2D eigenvalue weighted by Crippen LogP contribution is -2.28. The Kier molecular flexibility index (Phi) is 9.05. The molecule has 0 aliphatic heterocycles. The lowest BCUT2D eigenvalue weighted by atomic mass is 9.67. The summed E-state index contributed by atoms with van der Waals surface area (Å²) < 4.78 is 0. The standard InChI is InChI=1S/C58H39N3/c1-5-18-40(19-6-1)41-34-36-43(37-35-41)56-59-55(42-20-7-2-8-21-42)60-57(61-56)47-25-16-23-45(39-47)44-22-15-24-46(38-44)50-31-17-33-53-54(50)51-30-13-14-32-52(51)58(53,48-26-9-3-10-27-48)49-28-11-4-12-29-49/h1-39H. The third-order valence-corrected chi connectivity index (χ3v) is 12.0. The molecule has 0 bridgehead atoms. The van der Waals surface area contributed by atoms with E-state index < -0.39 is 5.41 Å². The van der Waals surface area contributed by atoms with Crippen LogP contribution in [0.25, 0.3) is 78.7 Å². The van der Waals surface area contributed by atoms with Crippen molar-refractivity contribution in [1.29, 1.82) is 0 Å². The fourth-order valence-electron chi connectivity index (χ4n) is 9.23. The quantitative estimate of drug-likeness (QED) is 0.154. The average molecular weight is 778 g/mol. The van der Waals surface area contributed by atoms with Gasteiger partial charge >= 0.3 is 0 Å². The lowest BCUT2D eigenvalue weighted by Gasteiger charge is -2.34. The van der Waals surface area contributed by atoms with Crippen LogP contribution in [0.2, 0.25) is 0 Å². The Balaban J connectivity index is 1.01. The average Bonchev–Trinajstić information content (AvgIpc) is 3.66. The third-order valence-electron chi connectivity index (χ3n) is 12.0. The van der Waals surface area contributed by atoms with E-state index in [1.54, 1.807) is 0 Å². The smallest absolute Gasteiger partial charge is 0.164 e. The van der Waals surface area contributed by atoms with E-state index >= 15 is 0 Å². The summed E-state index contributed by atoms with van der Waals surface area (Å²) in [5.74, 6) is 1.90. The topological polar surface area (TPSA) is 38.7 Å². The zero-order chi connectivity index (χ0) is 40.6. The van der Waals surface area contributed by atoms with E-state index in [-0.39, 0.29) is 0 Å². The minimum absolute atomic E-state index is 0.456. The molecule has 0 unspecified atom stereocenters. The van der Waals surface area contributed by atoms with E-state index in [0.717, 1.165) is 33.4 Å². The molecule has 1 aliphatic rings. The number of hydrogen-bond donors (Lipinski definition) is 0. The second-order valence-electron chi connectivity index (χ2n) is 15.5. The Morgan fingerprint density at radius 2 is 0.623 bits per heavy atom. The summed E-state index contributed by atoms with van der Waals surface area (Å²) in [5.41, 5.74) is 16.9. The number of benzene rings is 9. The second kappa shape index (κ2) is 15.3. The highest BCUT2D eigenvalue weighted by molar-refractivity contribution is 5.96. The molecule has 0 fully saturated rings. The minimum Gasteiger partial charge on any atom is -0.208 e. The van der Waals surface area contributed by atoms with Crippen molar-refractivity contribution in [3.63, 3.8) is 0 Å². The van der Waals surface area contributed by atoms with Crippen molar-refractivity contribution in [2.24, 2.45) is 0 Å². The molecular weight excluding hydrogens is 739 g/mol. The maximum Gasteiger partial charge on any atom is 0.164 e. The number of aromatic nitrogens is 3. The largest absolute Gasteiger partial charge is 0.208 e. The number of nitrogens with zero attached hydrogens (tertiary/aromatic N) is 3. The van der Waals surface area contributed by atoms with Crippen molar-refractivity contribution in [3.8, 4) is 78.7 Å². The maximum atomic E-state index is 5.10. The van der Waals surface area contributed by atoms with Crippen LogP contribution < -0.4 is 0 Å². The van der Waals surface area contributed by atoms with Gasteiger partial charge in [0.1, 0.15) is 0 Å². The highest BCUT2D eigenvalue weighted by Gasteiger charge is 2.46. The molecule has 11 rings (SSSR count). The van der Waals surface area contributed by atoms with Gasteiger partial charge in [-0.3, -0.25) is 0 Å². The molecule has 1 heterocycles. The lowest BCUT2D eigenvalue weighted by molar-refractivity contribution is 0.768. The molecule has 0 atom stereocenters. The normalized spacial score (nSPS) is 12.4. The van der Waals surface area contributed by atoms with Gasteiger partial charge in [0.25, 0.3) is 0 Å². The predicted molar refractivity (Wildman–Crippen MR) is 250 cm³/mol. The van der Waals surface area contributed by atoms with Crippen LogP contribution in [0.4, 0.5) is 0 Å². The van der Waals surface area contributed by atoms with Gasteiger partial charge < -0.3 is 0 Å². The van der Waals surface area contributed by atoms with Crippen LogP contribution in [0.15, 0.2) is 237 Å². The summed E-state index contributed by atoms with van der Waals surface area (Å²) in [5, 5.41) is 0. The van der Waals surface area contributed by atoms with E-state index in [0.29, 0.717) is 17.5 Å². The van der Waals surface area contributed by atoms with Gasteiger partial charge in [-0.1, -0.05) is 224 Å². The van der Waals surface area contributed by atoms with Gasteiger partial charge in [0.05, 0.1) is 5.41 Å². The van der Waals surface area contributed by atoms with Crippen LogP contribution in [0.5, 0.6) is 0 Å². The molecule has 0 saturated carbocycles. The molecule has 3 heteroatoms. The number of fused-ring (bicyclic) bond motifs is 3. The summed E-state index contributed by atoms with van der Waals surface area (Å²) in [4.78, 5) is 15.2. The van der Waals surface area contributed by atoms with Crippen molar-refractivity contribution in [3.05, 3.63) is 259 Å². The molecule has 10 aromatic rings. The van der Waals surface area contributed by atoms with Crippen molar-refractivity contribution in [2.45, 2.75) is 5.41 Å². The molecule has 9 aromatic carbocycles. The monoisotopic (exact) mass is 777 g/mol. The van der Waals surface area contributed by atoms with Crippen LogP contribution in [0.3, 0.4) is 0 Å². The van der Waals surface area contributed by atoms with Crippen molar-refractivity contribution >= 4 is 0 Å². The first-order valence-corrected chi connectivity index (χ1v) is 20.8. The van der Waals surface area contributed by atoms with Crippen molar-refractivity contribution in [2.75, 3.05) is 0 Å². The molecule has 0 amide bonds.